The SMILES string of the molecule is C=CCN(C)c1ccncc1CNCC. The molecule has 1 aromatic heterocycles. The van der Waals surface area contributed by atoms with E-state index in [2.05, 4.69) is 35.8 Å². The molecule has 0 unspecified atom stereocenters. The lowest BCUT2D eigenvalue weighted by molar-refractivity contribution is 0.722. The number of rotatable bonds is 6. The van der Waals surface area contributed by atoms with Crippen molar-refractivity contribution in [3.05, 3.63) is 36.7 Å². The predicted octanol–water partition coefficient (Wildman–Crippen LogP) is 1.81. The maximum absolute atomic E-state index is 4.15. The average Bonchev–Trinajstić information content (AvgIpc) is 2.27. The third kappa shape index (κ3) is 3.36. The van der Waals surface area contributed by atoms with Gasteiger partial charge in [-0.05, 0) is 12.6 Å². The fourth-order valence-corrected chi connectivity index (χ4v) is 1.48. The molecule has 0 spiro atoms. The van der Waals surface area contributed by atoms with E-state index in [0.717, 1.165) is 19.6 Å². The number of pyridine rings is 1. The number of nitrogens with one attached hydrogen (secondary N) is 1. The van der Waals surface area contributed by atoms with Crippen molar-refractivity contribution in [2.45, 2.75) is 13.5 Å². The van der Waals surface area contributed by atoms with Gasteiger partial charge in [0.2, 0.25) is 0 Å². The first-order valence-electron chi connectivity index (χ1n) is 5.25. The van der Waals surface area contributed by atoms with E-state index in [1.165, 1.54) is 11.3 Å². The molecule has 1 aromatic rings. The molecule has 0 bridgehead atoms. The van der Waals surface area contributed by atoms with Gasteiger partial charge in [-0.1, -0.05) is 13.0 Å². The van der Waals surface area contributed by atoms with Crippen LogP contribution in [0.15, 0.2) is 31.1 Å². The topological polar surface area (TPSA) is 28.2 Å². The first kappa shape index (κ1) is 11.7. The number of aromatic nitrogens is 1. The Morgan fingerprint density at radius 3 is 3.07 bits per heavy atom. The highest BCUT2D eigenvalue weighted by molar-refractivity contribution is 5.51. The number of anilines is 1. The lowest BCUT2D eigenvalue weighted by atomic mass is 10.2. The van der Waals surface area contributed by atoms with Crippen molar-refractivity contribution in [3.8, 4) is 0 Å². The molecule has 0 saturated carbocycles. The average molecular weight is 205 g/mol. The molecule has 0 radical (unpaired) electrons. The Morgan fingerprint density at radius 1 is 1.60 bits per heavy atom. The molecular formula is C12H19N3. The summed E-state index contributed by atoms with van der Waals surface area (Å²) in [6.07, 6.45) is 5.64. The van der Waals surface area contributed by atoms with E-state index < -0.39 is 0 Å². The Morgan fingerprint density at radius 2 is 2.40 bits per heavy atom. The molecule has 0 aliphatic carbocycles. The normalized spacial score (nSPS) is 10.0. The van der Waals surface area contributed by atoms with Crippen molar-refractivity contribution in [2.75, 3.05) is 25.0 Å². The number of hydrogen-bond donors (Lipinski definition) is 1. The van der Waals surface area contributed by atoms with Gasteiger partial charge < -0.3 is 10.2 Å². The monoisotopic (exact) mass is 205 g/mol. The fourth-order valence-electron chi connectivity index (χ4n) is 1.48. The number of nitrogens with zero attached hydrogens (tertiary/aromatic N) is 2. The van der Waals surface area contributed by atoms with E-state index in [9.17, 15) is 0 Å². The summed E-state index contributed by atoms with van der Waals surface area (Å²) in [5.41, 5.74) is 2.44. The number of likely N-dealkylation sites (N-methyl/N-ethyl adjacent to an activating group) is 1. The van der Waals surface area contributed by atoms with Gasteiger partial charge in [0.05, 0.1) is 0 Å². The Kier molecular flexibility index (Phi) is 4.84. The summed E-state index contributed by atoms with van der Waals surface area (Å²) in [4.78, 5) is 6.32. The van der Waals surface area contributed by atoms with E-state index in [1.54, 1.807) is 0 Å². The van der Waals surface area contributed by atoms with Crippen molar-refractivity contribution in [1.29, 1.82) is 0 Å². The van der Waals surface area contributed by atoms with Crippen LogP contribution in [0.5, 0.6) is 0 Å². The summed E-state index contributed by atoms with van der Waals surface area (Å²) in [5.74, 6) is 0. The fraction of sp³-hybridized carbons (Fsp3) is 0.417. The summed E-state index contributed by atoms with van der Waals surface area (Å²) < 4.78 is 0. The Balaban J connectivity index is 2.80. The highest BCUT2D eigenvalue weighted by Crippen LogP contribution is 2.17. The molecule has 0 aromatic carbocycles. The Labute approximate surface area is 91.8 Å². The zero-order valence-corrected chi connectivity index (χ0v) is 9.53. The molecule has 0 aliphatic rings. The molecule has 0 aliphatic heterocycles. The third-order valence-electron chi connectivity index (χ3n) is 2.26. The van der Waals surface area contributed by atoms with Crippen LogP contribution < -0.4 is 10.2 Å². The summed E-state index contributed by atoms with van der Waals surface area (Å²) in [6, 6.07) is 2.04. The Hall–Kier alpha value is -1.35. The van der Waals surface area contributed by atoms with Gasteiger partial charge in [-0.25, -0.2) is 0 Å². The molecule has 1 heterocycles. The van der Waals surface area contributed by atoms with Gasteiger partial charge >= 0.3 is 0 Å². The second-order valence-corrected chi connectivity index (χ2v) is 3.45. The maximum Gasteiger partial charge on any atom is 0.0443 e. The van der Waals surface area contributed by atoms with Crippen LogP contribution in [0, 0.1) is 0 Å². The van der Waals surface area contributed by atoms with Gasteiger partial charge in [0.15, 0.2) is 0 Å². The van der Waals surface area contributed by atoms with Gasteiger partial charge in [0.25, 0.3) is 0 Å². The third-order valence-corrected chi connectivity index (χ3v) is 2.26. The van der Waals surface area contributed by atoms with Gasteiger partial charge in [-0.3, -0.25) is 4.98 Å². The molecule has 0 saturated heterocycles. The molecule has 82 valence electrons. The van der Waals surface area contributed by atoms with E-state index >= 15 is 0 Å². The minimum atomic E-state index is 0.850. The quantitative estimate of drug-likeness (QED) is 0.718. The van der Waals surface area contributed by atoms with Crippen LogP contribution in [-0.4, -0.2) is 25.1 Å². The highest BCUT2D eigenvalue weighted by atomic mass is 15.1. The van der Waals surface area contributed by atoms with Crippen molar-refractivity contribution in [1.82, 2.24) is 10.3 Å². The summed E-state index contributed by atoms with van der Waals surface area (Å²) in [5, 5.41) is 3.31. The second-order valence-electron chi connectivity index (χ2n) is 3.45. The first-order chi connectivity index (χ1) is 7.29. The minimum absolute atomic E-state index is 0.850. The summed E-state index contributed by atoms with van der Waals surface area (Å²) >= 11 is 0. The van der Waals surface area contributed by atoms with E-state index in [4.69, 9.17) is 0 Å². The van der Waals surface area contributed by atoms with Crippen molar-refractivity contribution in [3.63, 3.8) is 0 Å². The second kappa shape index (κ2) is 6.19. The molecular weight excluding hydrogens is 186 g/mol. The molecule has 0 amide bonds. The van der Waals surface area contributed by atoms with Crippen LogP contribution in [0.2, 0.25) is 0 Å². The van der Waals surface area contributed by atoms with Gasteiger partial charge in [-0.2, -0.15) is 0 Å². The van der Waals surface area contributed by atoms with Gasteiger partial charge in [0.1, 0.15) is 0 Å². The lowest BCUT2D eigenvalue weighted by Crippen LogP contribution is -2.21. The van der Waals surface area contributed by atoms with Crippen molar-refractivity contribution in [2.24, 2.45) is 0 Å². The molecule has 3 heteroatoms. The summed E-state index contributed by atoms with van der Waals surface area (Å²) in [6.45, 7) is 8.53. The highest BCUT2D eigenvalue weighted by Gasteiger charge is 2.05. The van der Waals surface area contributed by atoms with Crippen LogP contribution in [0.1, 0.15) is 12.5 Å². The van der Waals surface area contributed by atoms with Crippen LogP contribution >= 0.6 is 0 Å². The lowest BCUT2D eigenvalue weighted by Gasteiger charge is -2.20. The van der Waals surface area contributed by atoms with Crippen LogP contribution in [-0.2, 0) is 6.54 Å². The zero-order chi connectivity index (χ0) is 11.1. The largest absolute Gasteiger partial charge is 0.371 e. The van der Waals surface area contributed by atoms with Crippen molar-refractivity contribution < 1.29 is 0 Å². The molecule has 0 atom stereocenters. The minimum Gasteiger partial charge on any atom is -0.371 e. The van der Waals surface area contributed by atoms with E-state index in [1.807, 2.05) is 24.5 Å². The predicted molar refractivity (Wildman–Crippen MR) is 65.1 cm³/mol. The van der Waals surface area contributed by atoms with Gasteiger partial charge in [0, 0.05) is 43.8 Å². The molecule has 1 N–H and O–H groups in total. The molecule has 0 fully saturated rings. The first-order valence-corrected chi connectivity index (χ1v) is 5.25. The van der Waals surface area contributed by atoms with E-state index in [-0.39, 0.29) is 0 Å². The molecule has 15 heavy (non-hydrogen) atoms. The smallest absolute Gasteiger partial charge is 0.0443 e. The zero-order valence-electron chi connectivity index (χ0n) is 9.53. The van der Waals surface area contributed by atoms with Crippen molar-refractivity contribution >= 4 is 5.69 Å². The van der Waals surface area contributed by atoms with E-state index in [0.29, 0.717) is 0 Å². The Bertz CT molecular complexity index is 309. The standard InChI is InChI=1S/C12H19N3/c1-4-8-15(3)12-6-7-14-10-11(12)9-13-5-2/h4,6-7,10,13H,1,5,8-9H2,2-3H3. The van der Waals surface area contributed by atoms with Crippen LogP contribution in [0.25, 0.3) is 0 Å². The summed E-state index contributed by atoms with van der Waals surface area (Å²) in [7, 11) is 2.06. The molecule has 3 nitrogen and oxygen atoms in total. The maximum atomic E-state index is 4.15. The number of hydrogen-bond acceptors (Lipinski definition) is 3. The molecule has 1 rings (SSSR count). The van der Waals surface area contributed by atoms with Crippen LogP contribution in [0.3, 0.4) is 0 Å². The van der Waals surface area contributed by atoms with Gasteiger partial charge in [-0.15, -0.1) is 6.58 Å². The van der Waals surface area contributed by atoms with Crippen LogP contribution in [0.4, 0.5) is 5.69 Å².